The van der Waals surface area contributed by atoms with E-state index in [1.54, 1.807) is 0 Å². The largest absolute Gasteiger partial charge is 0.481 e. The number of H-pyrrole nitrogens is 1. The summed E-state index contributed by atoms with van der Waals surface area (Å²) in [7, 11) is 1.50. The average Bonchev–Trinajstić information content (AvgIpc) is 2.04. The lowest BCUT2D eigenvalue weighted by Crippen LogP contribution is -2.10. The predicted molar refractivity (Wildman–Crippen MR) is 45.4 cm³/mol. The molecule has 0 saturated carbocycles. The smallest absolute Gasteiger partial charge is 0.254 e. The van der Waals surface area contributed by atoms with Gasteiger partial charge < -0.3 is 9.72 Å². The molecule has 0 spiro atoms. The first-order valence-electron chi connectivity index (χ1n) is 3.90. The van der Waals surface area contributed by atoms with Gasteiger partial charge in [-0.1, -0.05) is 6.92 Å². The predicted octanol–water partition coefficient (Wildman–Crippen LogP) is 0.731. The Labute approximate surface area is 70.6 Å². The van der Waals surface area contributed by atoms with E-state index >= 15 is 0 Å². The van der Waals surface area contributed by atoms with Crippen LogP contribution in [0.2, 0.25) is 0 Å². The van der Waals surface area contributed by atoms with Gasteiger partial charge in [-0.05, 0) is 6.42 Å². The molecule has 66 valence electrons. The van der Waals surface area contributed by atoms with Crippen LogP contribution >= 0.6 is 0 Å². The normalized spacial score (nSPS) is 9.83. The summed E-state index contributed by atoms with van der Waals surface area (Å²) in [5.41, 5.74) is -0.162. The van der Waals surface area contributed by atoms with Crippen LogP contribution in [-0.2, 0) is 6.42 Å². The van der Waals surface area contributed by atoms with E-state index < -0.39 is 0 Å². The molecule has 1 N–H and O–H groups in total. The van der Waals surface area contributed by atoms with Crippen molar-refractivity contribution in [2.45, 2.75) is 19.8 Å². The Hall–Kier alpha value is -1.32. The van der Waals surface area contributed by atoms with Crippen LogP contribution in [0.1, 0.15) is 19.2 Å². The zero-order valence-electron chi connectivity index (χ0n) is 7.26. The molecular weight excluding hydrogens is 156 g/mol. The van der Waals surface area contributed by atoms with Crippen LogP contribution in [0.5, 0.6) is 5.88 Å². The van der Waals surface area contributed by atoms with E-state index in [4.69, 9.17) is 4.74 Å². The monoisotopic (exact) mass is 168 g/mol. The molecule has 0 saturated heterocycles. The average molecular weight is 168 g/mol. The first-order valence-corrected chi connectivity index (χ1v) is 3.90. The highest BCUT2D eigenvalue weighted by Crippen LogP contribution is 2.01. The molecule has 0 bridgehead atoms. The lowest BCUT2D eigenvalue weighted by atomic mass is 10.3. The maximum atomic E-state index is 11.0. The molecule has 0 aliphatic rings. The van der Waals surface area contributed by atoms with Crippen molar-refractivity contribution in [1.82, 2.24) is 9.97 Å². The number of ether oxygens (including phenoxy) is 1. The van der Waals surface area contributed by atoms with E-state index in [1.165, 1.54) is 13.2 Å². The molecule has 0 fully saturated rings. The fraction of sp³-hybridized carbons (Fsp3) is 0.500. The van der Waals surface area contributed by atoms with Crippen LogP contribution in [0.15, 0.2) is 10.9 Å². The van der Waals surface area contributed by atoms with E-state index in [9.17, 15) is 4.79 Å². The number of aromatic amines is 1. The van der Waals surface area contributed by atoms with Crippen molar-refractivity contribution in [2.24, 2.45) is 0 Å². The Kier molecular flexibility index (Phi) is 2.85. The van der Waals surface area contributed by atoms with Gasteiger partial charge in [0, 0.05) is 6.42 Å². The second kappa shape index (κ2) is 3.90. The van der Waals surface area contributed by atoms with Crippen LogP contribution in [0, 0.1) is 0 Å². The lowest BCUT2D eigenvalue weighted by Gasteiger charge is -2.00. The third kappa shape index (κ3) is 2.08. The van der Waals surface area contributed by atoms with Gasteiger partial charge in [-0.3, -0.25) is 4.79 Å². The quantitative estimate of drug-likeness (QED) is 0.723. The highest BCUT2D eigenvalue weighted by atomic mass is 16.5. The van der Waals surface area contributed by atoms with Crippen LogP contribution < -0.4 is 10.3 Å². The zero-order valence-corrected chi connectivity index (χ0v) is 7.26. The molecule has 0 radical (unpaired) electrons. The minimum absolute atomic E-state index is 0.162. The van der Waals surface area contributed by atoms with Gasteiger partial charge >= 0.3 is 0 Å². The minimum Gasteiger partial charge on any atom is -0.481 e. The van der Waals surface area contributed by atoms with Crippen molar-refractivity contribution in [3.05, 3.63) is 22.2 Å². The summed E-state index contributed by atoms with van der Waals surface area (Å²) in [4.78, 5) is 17.7. The van der Waals surface area contributed by atoms with Crippen molar-refractivity contribution in [1.29, 1.82) is 0 Å². The van der Waals surface area contributed by atoms with Crippen LogP contribution in [0.3, 0.4) is 0 Å². The fourth-order valence-electron chi connectivity index (χ4n) is 0.943. The fourth-order valence-corrected chi connectivity index (χ4v) is 0.943. The van der Waals surface area contributed by atoms with Crippen LogP contribution in [0.4, 0.5) is 0 Å². The molecule has 1 aromatic heterocycles. The second-order valence-corrected chi connectivity index (χ2v) is 2.48. The number of nitrogens with one attached hydrogen (secondary N) is 1. The maximum Gasteiger partial charge on any atom is 0.254 e. The maximum absolute atomic E-state index is 11.0. The van der Waals surface area contributed by atoms with Gasteiger partial charge in [-0.25, -0.2) is 4.98 Å². The van der Waals surface area contributed by atoms with E-state index in [1.807, 2.05) is 6.92 Å². The third-order valence-electron chi connectivity index (χ3n) is 1.46. The summed E-state index contributed by atoms with van der Waals surface area (Å²) in [6.45, 7) is 2.03. The number of rotatable bonds is 3. The Balaban J connectivity index is 2.98. The number of aryl methyl sites for hydroxylation is 1. The summed E-state index contributed by atoms with van der Waals surface area (Å²) in [6, 6.07) is 1.33. The van der Waals surface area contributed by atoms with Crippen molar-refractivity contribution < 1.29 is 4.74 Å². The summed E-state index contributed by atoms with van der Waals surface area (Å²) in [5, 5.41) is 0. The molecule has 1 rings (SSSR count). The molecule has 1 aromatic rings. The first kappa shape index (κ1) is 8.77. The van der Waals surface area contributed by atoms with E-state index in [2.05, 4.69) is 9.97 Å². The molecule has 1 heterocycles. The van der Waals surface area contributed by atoms with Gasteiger partial charge in [0.2, 0.25) is 5.88 Å². The highest BCUT2D eigenvalue weighted by Gasteiger charge is 1.98. The van der Waals surface area contributed by atoms with Crippen molar-refractivity contribution in [3.63, 3.8) is 0 Å². The summed E-state index contributed by atoms with van der Waals surface area (Å²) >= 11 is 0. The number of nitrogens with zero attached hydrogens (tertiary/aromatic N) is 1. The van der Waals surface area contributed by atoms with Crippen LogP contribution in [-0.4, -0.2) is 17.1 Å². The van der Waals surface area contributed by atoms with E-state index in [0.717, 1.165) is 12.8 Å². The summed E-state index contributed by atoms with van der Waals surface area (Å²) in [6.07, 6.45) is 1.72. The van der Waals surface area contributed by atoms with Crippen molar-refractivity contribution in [3.8, 4) is 5.88 Å². The number of hydrogen-bond donors (Lipinski definition) is 1. The highest BCUT2D eigenvalue weighted by molar-refractivity contribution is 5.08. The van der Waals surface area contributed by atoms with E-state index in [0.29, 0.717) is 11.7 Å². The van der Waals surface area contributed by atoms with Gasteiger partial charge in [0.05, 0.1) is 13.2 Å². The SMILES string of the molecule is CCCc1nc(OC)cc(=O)[nH]1. The van der Waals surface area contributed by atoms with Gasteiger partial charge in [-0.15, -0.1) is 0 Å². The first-order chi connectivity index (χ1) is 5.76. The molecular formula is C8H12N2O2. The third-order valence-corrected chi connectivity index (χ3v) is 1.46. The van der Waals surface area contributed by atoms with Gasteiger partial charge in [0.15, 0.2) is 0 Å². The molecule has 12 heavy (non-hydrogen) atoms. The van der Waals surface area contributed by atoms with Crippen molar-refractivity contribution >= 4 is 0 Å². The summed E-state index contributed by atoms with van der Waals surface area (Å²) < 4.78 is 4.85. The van der Waals surface area contributed by atoms with E-state index in [-0.39, 0.29) is 5.56 Å². The Morgan fingerprint density at radius 1 is 1.67 bits per heavy atom. The topological polar surface area (TPSA) is 55.0 Å². The van der Waals surface area contributed by atoms with Gasteiger partial charge in [-0.2, -0.15) is 0 Å². The molecule has 4 heteroatoms. The molecule has 4 nitrogen and oxygen atoms in total. The van der Waals surface area contributed by atoms with Crippen LogP contribution in [0.25, 0.3) is 0 Å². The minimum atomic E-state index is -0.162. The molecule has 0 aliphatic heterocycles. The Morgan fingerprint density at radius 3 is 3.00 bits per heavy atom. The van der Waals surface area contributed by atoms with Crippen molar-refractivity contribution in [2.75, 3.05) is 7.11 Å². The standard InChI is InChI=1S/C8H12N2O2/c1-3-4-6-9-7(11)5-8(10-6)12-2/h5H,3-4H2,1-2H3,(H,9,10,11). The second-order valence-electron chi connectivity index (χ2n) is 2.48. The summed E-state index contributed by atoms with van der Waals surface area (Å²) in [5.74, 6) is 1.06. The Bertz CT molecular complexity index is 306. The van der Waals surface area contributed by atoms with Gasteiger partial charge in [0.1, 0.15) is 5.82 Å². The zero-order chi connectivity index (χ0) is 8.97. The Morgan fingerprint density at radius 2 is 2.42 bits per heavy atom. The molecule has 0 unspecified atom stereocenters. The molecule has 0 aliphatic carbocycles. The molecule has 0 aromatic carbocycles. The molecule has 0 atom stereocenters. The number of hydrogen-bond acceptors (Lipinski definition) is 3. The number of methoxy groups -OCH3 is 1. The van der Waals surface area contributed by atoms with Gasteiger partial charge in [0.25, 0.3) is 5.56 Å². The lowest BCUT2D eigenvalue weighted by molar-refractivity contribution is 0.393. The number of aromatic nitrogens is 2. The molecule has 0 amide bonds.